The lowest BCUT2D eigenvalue weighted by molar-refractivity contribution is -0.122. The minimum absolute atomic E-state index is 0.0129. The van der Waals surface area contributed by atoms with Crippen molar-refractivity contribution >= 4 is 5.91 Å². The molecule has 15 heavy (non-hydrogen) atoms. The zero-order valence-corrected chi connectivity index (χ0v) is 9.37. The van der Waals surface area contributed by atoms with Gasteiger partial charge in [-0.25, -0.2) is 0 Å². The van der Waals surface area contributed by atoms with E-state index >= 15 is 0 Å². The number of nitrogens with two attached hydrogens (primary N) is 1. The van der Waals surface area contributed by atoms with Gasteiger partial charge in [0.25, 0.3) is 0 Å². The van der Waals surface area contributed by atoms with Crippen molar-refractivity contribution in [3.8, 4) is 0 Å². The molecule has 0 aromatic rings. The maximum absolute atomic E-state index is 11.3. The fourth-order valence-electron chi connectivity index (χ4n) is 1.16. The Morgan fingerprint density at radius 2 is 2.27 bits per heavy atom. The van der Waals surface area contributed by atoms with Crippen molar-refractivity contribution < 1.29 is 14.6 Å². The minimum Gasteiger partial charge on any atom is -0.394 e. The van der Waals surface area contributed by atoms with Gasteiger partial charge in [0.2, 0.25) is 5.91 Å². The van der Waals surface area contributed by atoms with Gasteiger partial charge in [-0.2, -0.15) is 0 Å². The fourth-order valence-corrected chi connectivity index (χ4v) is 1.16. The number of hydrogen-bond acceptors (Lipinski definition) is 4. The van der Waals surface area contributed by atoms with Gasteiger partial charge in [-0.05, 0) is 12.5 Å². The molecule has 0 aliphatic carbocycles. The Hall–Kier alpha value is -0.650. The molecule has 0 aromatic carbocycles. The van der Waals surface area contributed by atoms with Gasteiger partial charge in [0.05, 0.1) is 19.8 Å². The average molecular weight is 218 g/mol. The first kappa shape index (κ1) is 14.3. The van der Waals surface area contributed by atoms with Crippen LogP contribution < -0.4 is 11.1 Å². The first-order chi connectivity index (χ1) is 7.24. The predicted octanol–water partition coefficient (Wildman–Crippen LogP) is -0.513. The molecule has 0 aliphatic heterocycles. The van der Waals surface area contributed by atoms with E-state index in [1.165, 1.54) is 0 Å². The molecule has 0 saturated carbocycles. The molecule has 5 nitrogen and oxygen atoms in total. The molecule has 0 saturated heterocycles. The van der Waals surface area contributed by atoms with Gasteiger partial charge in [0.15, 0.2) is 0 Å². The summed E-state index contributed by atoms with van der Waals surface area (Å²) in [7, 11) is 0. The highest BCUT2D eigenvalue weighted by atomic mass is 16.5. The molecule has 0 aromatic heterocycles. The van der Waals surface area contributed by atoms with Gasteiger partial charge in [-0.3, -0.25) is 4.79 Å². The van der Waals surface area contributed by atoms with Crippen LogP contribution in [0.5, 0.6) is 0 Å². The summed E-state index contributed by atoms with van der Waals surface area (Å²) in [5.41, 5.74) is 5.49. The zero-order chi connectivity index (χ0) is 11.5. The maximum atomic E-state index is 11.3. The summed E-state index contributed by atoms with van der Waals surface area (Å²) < 4.78 is 5.00. The third kappa shape index (κ3) is 8.35. The van der Waals surface area contributed by atoms with Crippen LogP contribution in [0.1, 0.15) is 19.8 Å². The van der Waals surface area contributed by atoms with Crippen LogP contribution in [0, 0.1) is 5.92 Å². The summed E-state index contributed by atoms with van der Waals surface area (Å²) in [4.78, 5) is 11.3. The van der Waals surface area contributed by atoms with Crippen LogP contribution in [0.3, 0.4) is 0 Å². The molecule has 0 fully saturated rings. The number of ether oxygens (including phenoxy) is 1. The molecule has 1 unspecified atom stereocenters. The first-order valence-electron chi connectivity index (χ1n) is 5.39. The van der Waals surface area contributed by atoms with Crippen LogP contribution in [0.25, 0.3) is 0 Å². The van der Waals surface area contributed by atoms with E-state index in [0.29, 0.717) is 32.7 Å². The molecule has 0 bridgehead atoms. The molecular weight excluding hydrogens is 196 g/mol. The quantitative estimate of drug-likeness (QED) is 0.455. The summed E-state index contributed by atoms with van der Waals surface area (Å²) in [6, 6.07) is 0. The smallest absolute Gasteiger partial charge is 0.220 e. The number of aliphatic hydroxyl groups is 1. The number of carbonyl (C=O) groups excluding carboxylic acids is 1. The molecule has 0 spiro atoms. The van der Waals surface area contributed by atoms with Crippen molar-refractivity contribution in [1.29, 1.82) is 0 Å². The topological polar surface area (TPSA) is 84.6 Å². The Morgan fingerprint density at radius 3 is 2.80 bits per heavy atom. The normalized spacial score (nSPS) is 12.5. The molecule has 0 heterocycles. The average Bonchev–Trinajstić information content (AvgIpc) is 2.25. The number of hydrogen-bond donors (Lipinski definition) is 3. The Kier molecular flexibility index (Phi) is 9.46. The summed E-state index contributed by atoms with van der Waals surface area (Å²) in [5.74, 6) is 0.281. The van der Waals surface area contributed by atoms with Crippen LogP contribution in [-0.4, -0.2) is 43.9 Å². The first-order valence-corrected chi connectivity index (χ1v) is 5.39. The number of rotatable bonds is 9. The summed E-state index contributed by atoms with van der Waals surface area (Å²) in [6.45, 7) is 3.82. The second-order valence-corrected chi connectivity index (χ2v) is 3.40. The van der Waals surface area contributed by atoms with Crippen LogP contribution in [0.15, 0.2) is 0 Å². The van der Waals surface area contributed by atoms with E-state index in [4.69, 9.17) is 15.6 Å². The molecular formula is C10H22N2O3. The van der Waals surface area contributed by atoms with Crippen molar-refractivity contribution in [2.45, 2.75) is 19.8 Å². The van der Waals surface area contributed by atoms with E-state index in [1.807, 2.05) is 6.92 Å². The number of aliphatic hydroxyl groups excluding tert-OH is 1. The monoisotopic (exact) mass is 218 g/mol. The van der Waals surface area contributed by atoms with E-state index in [2.05, 4.69) is 5.32 Å². The van der Waals surface area contributed by atoms with Crippen LogP contribution >= 0.6 is 0 Å². The molecule has 1 atom stereocenters. The lowest BCUT2D eigenvalue weighted by Crippen LogP contribution is -2.30. The van der Waals surface area contributed by atoms with E-state index in [1.54, 1.807) is 0 Å². The predicted molar refractivity (Wildman–Crippen MR) is 58.4 cm³/mol. The minimum atomic E-state index is 0.0129. The van der Waals surface area contributed by atoms with Crippen LogP contribution in [-0.2, 0) is 9.53 Å². The fraction of sp³-hybridized carbons (Fsp3) is 0.900. The van der Waals surface area contributed by atoms with E-state index in [-0.39, 0.29) is 18.4 Å². The Bertz CT molecular complexity index is 161. The SMILES string of the molecule is CCC(CN)CC(=O)NCCOCCO. The number of amides is 1. The molecule has 5 heteroatoms. The van der Waals surface area contributed by atoms with Crippen molar-refractivity contribution in [2.24, 2.45) is 11.7 Å². The third-order valence-electron chi connectivity index (χ3n) is 2.19. The van der Waals surface area contributed by atoms with Gasteiger partial charge >= 0.3 is 0 Å². The van der Waals surface area contributed by atoms with Crippen molar-refractivity contribution in [3.63, 3.8) is 0 Å². The van der Waals surface area contributed by atoms with Gasteiger partial charge in [-0.15, -0.1) is 0 Å². The lowest BCUT2D eigenvalue weighted by Gasteiger charge is -2.11. The van der Waals surface area contributed by atoms with Gasteiger partial charge in [-0.1, -0.05) is 13.3 Å². The van der Waals surface area contributed by atoms with Crippen molar-refractivity contribution in [1.82, 2.24) is 5.32 Å². The van der Waals surface area contributed by atoms with Gasteiger partial charge < -0.3 is 20.9 Å². The summed E-state index contributed by atoms with van der Waals surface area (Å²) in [5, 5.41) is 11.2. The Labute approximate surface area is 91.0 Å². The van der Waals surface area contributed by atoms with Crippen LogP contribution in [0.4, 0.5) is 0 Å². The molecule has 4 N–H and O–H groups in total. The highest BCUT2D eigenvalue weighted by molar-refractivity contribution is 5.76. The number of nitrogens with one attached hydrogen (secondary N) is 1. The molecule has 0 radical (unpaired) electrons. The standard InChI is InChI=1S/C10H22N2O3/c1-2-9(8-11)7-10(14)12-3-5-15-6-4-13/h9,13H,2-8,11H2,1H3,(H,12,14). The van der Waals surface area contributed by atoms with Gasteiger partial charge in [0, 0.05) is 13.0 Å². The summed E-state index contributed by atoms with van der Waals surface area (Å²) >= 11 is 0. The second kappa shape index (κ2) is 9.89. The van der Waals surface area contributed by atoms with E-state index in [0.717, 1.165) is 6.42 Å². The highest BCUT2D eigenvalue weighted by Crippen LogP contribution is 2.04. The molecule has 0 aliphatic rings. The molecule has 1 amide bonds. The summed E-state index contributed by atoms with van der Waals surface area (Å²) in [6.07, 6.45) is 1.40. The van der Waals surface area contributed by atoms with Gasteiger partial charge in [0.1, 0.15) is 0 Å². The third-order valence-corrected chi connectivity index (χ3v) is 2.19. The Balaban J connectivity index is 3.40. The molecule has 90 valence electrons. The van der Waals surface area contributed by atoms with Crippen molar-refractivity contribution in [3.05, 3.63) is 0 Å². The zero-order valence-electron chi connectivity index (χ0n) is 9.37. The lowest BCUT2D eigenvalue weighted by atomic mass is 10.0. The highest BCUT2D eigenvalue weighted by Gasteiger charge is 2.09. The van der Waals surface area contributed by atoms with E-state index in [9.17, 15) is 4.79 Å². The number of carbonyl (C=O) groups is 1. The molecule has 0 rings (SSSR count). The second-order valence-electron chi connectivity index (χ2n) is 3.40. The maximum Gasteiger partial charge on any atom is 0.220 e. The largest absolute Gasteiger partial charge is 0.394 e. The Morgan fingerprint density at radius 1 is 1.53 bits per heavy atom. The van der Waals surface area contributed by atoms with E-state index < -0.39 is 0 Å². The van der Waals surface area contributed by atoms with Crippen molar-refractivity contribution in [2.75, 3.05) is 32.9 Å². The van der Waals surface area contributed by atoms with Crippen LogP contribution in [0.2, 0.25) is 0 Å².